The molecule has 1 aliphatic heterocycles. The molecule has 2 nitrogen and oxygen atoms in total. The average molecular weight is 1730 g/mol. The molecule has 0 aliphatic carbocycles. The summed E-state index contributed by atoms with van der Waals surface area (Å²) in [6.07, 6.45) is 3.94. The standard InChI is InChI=1S/C15H14S.3C15H14Se.C9H16Si.C8H13N.C7H10O.C7H10S.C7H10Se/c1-9-4-5-12-13-7-10(2)11(3)8-15(13)16-14(12)6-9;1-9-4-5-14-12(6-9)13-7-10(2)11(3)8-15(13)16-14;1-9-4-5-12-13-7-10(2)11(3)8-15(13)16-14(12)6-9;1-9-7-8-13-12-6-4-5-10(2)14(12)16-15(13)11(9)3;1-7-6-10(4,5)9(3)8(7)2;1-6-5-9(4)8(3)7(6)2;3*1-5-4-8-7(3)6(5)2/h4*4-8H,1-3H3;6H,1-5H3;5H,1-4H3;3*4H,1-3H3. The summed E-state index contributed by atoms with van der Waals surface area (Å²) in [5.41, 5.74) is 35.0. The molecule has 16 aromatic rings. The molecule has 107 heavy (non-hydrogen) atoms. The number of benzene rings is 8. The molecule has 9 heterocycles. The number of hydrogen-bond donors (Lipinski definition) is 0. The van der Waals surface area contributed by atoms with E-state index in [1.165, 1.54) is 190 Å². The summed E-state index contributed by atoms with van der Waals surface area (Å²) in [5, 5.41) is 15.5. The molecule has 0 saturated heterocycles. The Kier molecular flexibility index (Phi) is 28.5. The Balaban J connectivity index is 0.000000141. The number of nitrogens with zero attached hydrogens (tertiary/aromatic N) is 1. The van der Waals surface area contributed by atoms with Crippen molar-refractivity contribution >= 4 is 167 Å². The molecule has 0 fully saturated rings. The molecule has 0 bridgehead atoms. The fourth-order valence-corrected chi connectivity index (χ4v) is 27.7. The first-order valence-corrected chi connectivity index (χ1v) is 49.2. The maximum absolute atomic E-state index is 5.09. The number of allylic oxidation sites excluding steroid dienone is 3. The molecule has 17 rings (SSSR count). The number of hydrogen-bond acceptors (Lipinski definition) is 3. The van der Waals surface area contributed by atoms with Crippen LogP contribution in [0.25, 0.3) is 78.1 Å². The molecule has 0 amide bonds. The van der Waals surface area contributed by atoms with Crippen LogP contribution < -0.4 is 0 Å². The van der Waals surface area contributed by atoms with E-state index in [0.717, 1.165) is 5.76 Å². The van der Waals surface area contributed by atoms with Gasteiger partial charge in [-0.3, -0.25) is 0 Å². The quantitative estimate of drug-likeness (QED) is 0.138. The fourth-order valence-electron chi connectivity index (χ4n) is 13.1. The predicted octanol–water partition coefficient (Wildman–Crippen LogP) is 28.5. The molecule has 0 spiro atoms. The SMILES string of the molecule is CC1=C[Si](C)(C)C(C)=C1C.Cc1c[se]c(C)c1C.Cc1ccc2[se]c3cc(C)c(C)cc3c2c1.Cc1ccc2c([se]c3c(C)cccc32)c1C.Cc1ccc2c(c1)[se]c1cc(C)c(C)cc12.Cc1ccc2c(c1)sc1cc(C)c(C)cc12.Cc1cn(C)c(C)c1C.Cc1coc(C)c1C.Cc1csc(C)c1C. The number of furan rings is 1. The van der Waals surface area contributed by atoms with Gasteiger partial charge in [0.2, 0.25) is 0 Å². The second kappa shape index (κ2) is 36.1. The summed E-state index contributed by atoms with van der Waals surface area (Å²) >= 11 is 5.94. The predicted molar refractivity (Wildman–Crippen MR) is 490 cm³/mol. The van der Waals surface area contributed by atoms with E-state index in [4.69, 9.17) is 4.42 Å². The van der Waals surface area contributed by atoms with Gasteiger partial charge in [-0.1, -0.05) is 47.3 Å². The van der Waals surface area contributed by atoms with Crippen molar-refractivity contribution in [3.63, 3.8) is 0 Å². The Labute approximate surface area is 674 Å². The smallest absolute Gasteiger partial charge is 0.103 e. The number of aryl methyl sites for hydroxylation is 20. The summed E-state index contributed by atoms with van der Waals surface area (Å²) in [7, 11) is 1.03. The van der Waals surface area contributed by atoms with E-state index < -0.39 is 8.07 Å². The minimum Gasteiger partial charge on any atom is -0.469 e. The first kappa shape index (κ1) is 84.5. The molecule has 0 radical (unpaired) electrons. The third-order valence-corrected chi connectivity index (χ3v) is 38.4. The number of rotatable bonds is 0. The van der Waals surface area contributed by atoms with E-state index in [1.807, 2.05) is 36.5 Å². The average Bonchev–Trinajstić information content (AvgIpc) is 1.64. The monoisotopic (exact) mass is 1730 g/mol. The van der Waals surface area contributed by atoms with Crippen LogP contribution in [-0.4, -0.2) is 70.7 Å². The van der Waals surface area contributed by atoms with Gasteiger partial charge in [0.15, 0.2) is 0 Å². The van der Waals surface area contributed by atoms with Crippen molar-refractivity contribution in [2.45, 2.75) is 200 Å². The van der Waals surface area contributed by atoms with E-state index >= 15 is 0 Å². The molecule has 8 aromatic carbocycles. The summed E-state index contributed by atoms with van der Waals surface area (Å²) in [6, 6.07) is 45.8. The van der Waals surface area contributed by atoms with Crippen molar-refractivity contribution in [2.24, 2.45) is 7.05 Å². The topological polar surface area (TPSA) is 18.1 Å². The number of fused-ring (bicyclic) bond motifs is 12. The van der Waals surface area contributed by atoms with Gasteiger partial charge in [-0.25, -0.2) is 0 Å². The molecule has 1 aliphatic rings. The van der Waals surface area contributed by atoms with E-state index in [0.29, 0.717) is 58.0 Å². The second-order valence-electron chi connectivity index (χ2n) is 30.8. The van der Waals surface area contributed by atoms with Crippen molar-refractivity contribution in [2.75, 3.05) is 0 Å². The van der Waals surface area contributed by atoms with Gasteiger partial charge in [0.1, 0.15) is 5.76 Å². The fraction of sp³-hybridized carbons (Fsp3) is 0.306. The van der Waals surface area contributed by atoms with Crippen LogP contribution in [-0.2, 0) is 7.05 Å². The van der Waals surface area contributed by atoms with E-state index in [9.17, 15) is 0 Å². The van der Waals surface area contributed by atoms with E-state index in [-0.39, 0.29) is 0 Å². The minimum atomic E-state index is -1.05. The molecule has 0 unspecified atom stereocenters. The van der Waals surface area contributed by atoms with Crippen LogP contribution in [0.3, 0.4) is 0 Å². The third kappa shape index (κ3) is 20.0. The van der Waals surface area contributed by atoms with Crippen LogP contribution in [0.15, 0.2) is 171 Å². The Hall–Kier alpha value is -6.51. The first-order valence-electron chi connectivity index (χ1n) is 37.4. The van der Waals surface area contributed by atoms with E-state index in [1.54, 1.807) is 37.2 Å². The summed E-state index contributed by atoms with van der Waals surface area (Å²) in [4.78, 5) is 3.79. The molecule has 0 atom stereocenters. The molecular weight excluding hydrogens is 1620 g/mol. The van der Waals surface area contributed by atoms with Crippen molar-refractivity contribution in [1.29, 1.82) is 0 Å². The molecule has 9 heteroatoms. The Bertz CT molecular complexity index is 5640. The largest absolute Gasteiger partial charge is 0.469 e. The van der Waals surface area contributed by atoms with Crippen LogP contribution in [0.2, 0.25) is 13.1 Å². The van der Waals surface area contributed by atoms with Crippen molar-refractivity contribution in [3.05, 3.63) is 298 Å². The van der Waals surface area contributed by atoms with Crippen molar-refractivity contribution < 1.29 is 4.42 Å². The van der Waals surface area contributed by atoms with Gasteiger partial charge < -0.3 is 8.98 Å². The summed E-state index contributed by atoms with van der Waals surface area (Å²) < 4.78 is 21.0. The van der Waals surface area contributed by atoms with Crippen LogP contribution >= 0.6 is 22.7 Å². The zero-order chi connectivity index (χ0) is 78.5. The Morgan fingerprint density at radius 1 is 0.374 bits per heavy atom. The van der Waals surface area contributed by atoms with Crippen LogP contribution in [0.1, 0.15) is 153 Å². The summed E-state index contributed by atoms with van der Waals surface area (Å²) in [5.74, 6) is 1.03. The minimum absolute atomic E-state index is 0.506. The van der Waals surface area contributed by atoms with Gasteiger partial charge in [-0.2, -0.15) is 0 Å². The van der Waals surface area contributed by atoms with Gasteiger partial charge in [0.25, 0.3) is 0 Å². The number of thiophene rings is 2. The third-order valence-electron chi connectivity index (χ3n) is 22.5. The Morgan fingerprint density at radius 2 is 0.897 bits per heavy atom. The normalized spacial score (nSPS) is 12.1. The maximum Gasteiger partial charge on any atom is 0.103 e. The molecule has 0 N–H and O–H groups in total. The zero-order valence-corrected chi connectivity index (χ0v) is 79.2. The maximum atomic E-state index is 5.09. The molecular formula is C98H115NOS2Se4Si. The van der Waals surface area contributed by atoms with Crippen molar-refractivity contribution in [1.82, 2.24) is 4.57 Å². The van der Waals surface area contributed by atoms with Gasteiger partial charge in [0, 0.05) is 44.0 Å². The van der Waals surface area contributed by atoms with Crippen LogP contribution in [0.5, 0.6) is 0 Å². The number of aromatic nitrogens is 1. The van der Waals surface area contributed by atoms with Gasteiger partial charge in [0.05, 0.1) is 14.3 Å². The first-order chi connectivity index (χ1) is 50.3. The summed E-state index contributed by atoms with van der Waals surface area (Å²) in [6.45, 7) is 63.6. The zero-order valence-electron chi connectivity index (χ0n) is 69.7. The second-order valence-corrected chi connectivity index (χ2v) is 46.4. The van der Waals surface area contributed by atoms with Crippen LogP contribution in [0, 0.1) is 166 Å². The van der Waals surface area contributed by atoms with Crippen LogP contribution in [0.4, 0.5) is 0 Å². The van der Waals surface area contributed by atoms with Crippen molar-refractivity contribution in [3.8, 4) is 0 Å². The van der Waals surface area contributed by atoms with Gasteiger partial charge in [-0.15, -0.1) is 22.7 Å². The van der Waals surface area contributed by atoms with Gasteiger partial charge >= 0.3 is 361 Å². The molecule has 8 aromatic heterocycles. The molecule has 558 valence electrons. The molecule has 0 saturated carbocycles. The van der Waals surface area contributed by atoms with Gasteiger partial charge in [-0.05, 0) is 178 Å². The van der Waals surface area contributed by atoms with E-state index in [2.05, 4.69) is 341 Å². The Morgan fingerprint density at radius 3 is 1.36 bits per heavy atom.